The first-order chi connectivity index (χ1) is 15.0. The molecule has 0 radical (unpaired) electrons. The molecule has 0 N–H and O–H groups in total. The summed E-state index contributed by atoms with van der Waals surface area (Å²) in [6.45, 7) is 3.88. The topological polar surface area (TPSA) is 63.7 Å². The Morgan fingerprint density at radius 1 is 0.903 bits per heavy atom. The molecular weight excluding hydrogens is 390 g/mol. The maximum absolute atomic E-state index is 13.2. The zero-order valence-corrected chi connectivity index (χ0v) is 17.4. The number of amides is 2. The zero-order chi connectivity index (χ0) is 21.4. The number of carbonyl (C=O) groups is 3. The SMILES string of the molecule is Cc1cccc(OC(=O)c2ccc(N3C(=O)[C@@H]4[C@H]5C=C[C@@H]([C@@H]6C[C@@H]56)[C@@H]4C3=O)cc2)c1C. The van der Waals surface area contributed by atoms with Crippen LogP contribution in [0.25, 0.3) is 0 Å². The van der Waals surface area contributed by atoms with Crippen LogP contribution in [0.2, 0.25) is 0 Å². The van der Waals surface area contributed by atoms with Crippen molar-refractivity contribution in [3.05, 3.63) is 71.3 Å². The first kappa shape index (κ1) is 18.6. The largest absolute Gasteiger partial charge is 0.423 e. The van der Waals surface area contributed by atoms with Gasteiger partial charge in [-0.15, -0.1) is 0 Å². The molecule has 0 unspecified atom stereocenters. The van der Waals surface area contributed by atoms with Crippen LogP contribution in [0.1, 0.15) is 27.9 Å². The van der Waals surface area contributed by atoms with Gasteiger partial charge >= 0.3 is 5.97 Å². The van der Waals surface area contributed by atoms with E-state index in [1.54, 1.807) is 30.3 Å². The van der Waals surface area contributed by atoms with Crippen molar-refractivity contribution in [1.29, 1.82) is 0 Å². The van der Waals surface area contributed by atoms with E-state index < -0.39 is 5.97 Å². The van der Waals surface area contributed by atoms with Crippen molar-refractivity contribution < 1.29 is 19.1 Å². The third-order valence-electron chi connectivity index (χ3n) is 7.78. The van der Waals surface area contributed by atoms with Crippen LogP contribution in [-0.2, 0) is 9.59 Å². The first-order valence-electron chi connectivity index (χ1n) is 10.9. The van der Waals surface area contributed by atoms with E-state index in [1.165, 1.54) is 4.90 Å². The van der Waals surface area contributed by atoms with E-state index in [-0.39, 0.29) is 35.5 Å². The Morgan fingerprint density at radius 3 is 2.13 bits per heavy atom. The fourth-order valence-electron chi connectivity index (χ4n) is 5.95. The number of imide groups is 1. The van der Waals surface area contributed by atoms with Crippen molar-refractivity contribution in [3.8, 4) is 5.75 Å². The second kappa shape index (κ2) is 6.39. The van der Waals surface area contributed by atoms with E-state index >= 15 is 0 Å². The van der Waals surface area contributed by atoms with Crippen LogP contribution in [-0.4, -0.2) is 17.8 Å². The van der Waals surface area contributed by atoms with Crippen LogP contribution < -0.4 is 9.64 Å². The molecule has 1 heterocycles. The Kier molecular flexibility index (Phi) is 3.83. The van der Waals surface area contributed by atoms with Crippen LogP contribution in [0.5, 0.6) is 5.75 Å². The predicted octanol–water partition coefficient (Wildman–Crippen LogP) is 4.08. The molecule has 2 amide bonds. The number of benzene rings is 2. The zero-order valence-electron chi connectivity index (χ0n) is 17.4. The summed E-state index contributed by atoms with van der Waals surface area (Å²) in [7, 11) is 0. The quantitative estimate of drug-likeness (QED) is 0.329. The molecule has 2 saturated carbocycles. The van der Waals surface area contributed by atoms with Crippen molar-refractivity contribution in [3.63, 3.8) is 0 Å². The summed E-state index contributed by atoms with van der Waals surface area (Å²) in [6, 6.07) is 12.2. The predicted molar refractivity (Wildman–Crippen MR) is 115 cm³/mol. The van der Waals surface area contributed by atoms with E-state index in [1.807, 2.05) is 26.0 Å². The number of anilines is 1. The second-order valence-corrected chi connectivity index (χ2v) is 9.30. The number of aryl methyl sites for hydroxylation is 1. The lowest BCUT2D eigenvalue weighted by molar-refractivity contribution is -0.124. The summed E-state index contributed by atoms with van der Waals surface area (Å²) < 4.78 is 5.56. The molecule has 2 aromatic carbocycles. The third-order valence-corrected chi connectivity index (χ3v) is 7.78. The highest BCUT2D eigenvalue weighted by molar-refractivity contribution is 6.22. The van der Waals surface area contributed by atoms with E-state index in [0.29, 0.717) is 28.8 Å². The van der Waals surface area contributed by atoms with Crippen molar-refractivity contribution in [1.82, 2.24) is 0 Å². The molecular formula is C26H23NO4. The molecule has 5 aliphatic rings. The fourth-order valence-corrected chi connectivity index (χ4v) is 5.95. The molecule has 5 nitrogen and oxygen atoms in total. The lowest BCUT2D eigenvalue weighted by Gasteiger charge is -2.37. The van der Waals surface area contributed by atoms with Gasteiger partial charge in [0.05, 0.1) is 23.1 Å². The van der Waals surface area contributed by atoms with Gasteiger partial charge in [0.2, 0.25) is 11.8 Å². The highest BCUT2D eigenvalue weighted by atomic mass is 16.5. The van der Waals surface area contributed by atoms with Crippen LogP contribution in [0.4, 0.5) is 5.69 Å². The van der Waals surface area contributed by atoms with Gasteiger partial charge in [-0.25, -0.2) is 4.79 Å². The first-order valence-corrected chi connectivity index (χ1v) is 10.9. The lowest BCUT2D eigenvalue weighted by atomic mass is 9.63. The maximum Gasteiger partial charge on any atom is 0.343 e. The van der Waals surface area contributed by atoms with E-state index in [2.05, 4.69) is 12.2 Å². The summed E-state index contributed by atoms with van der Waals surface area (Å²) in [5.41, 5.74) is 2.88. The van der Waals surface area contributed by atoms with Gasteiger partial charge in [0, 0.05) is 0 Å². The number of rotatable bonds is 3. The van der Waals surface area contributed by atoms with Crippen LogP contribution >= 0.6 is 0 Å². The molecule has 2 aromatic rings. The molecule has 3 fully saturated rings. The number of hydrogen-bond donors (Lipinski definition) is 0. The molecule has 156 valence electrons. The van der Waals surface area contributed by atoms with Gasteiger partial charge in [0.25, 0.3) is 0 Å². The second-order valence-electron chi connectivity index (χ2n) is 9.30. The third kappa shape index (κ3) is 2.59. The van der Waals surface area contributed by atoms with Crippen molar-refractivity contribution in [2.75, 3.05) is 4.90 Å². The summed E-state index contributed by atoms with van der Waals surface area (Å²) >= 11 is 0. The van der Waals surface area contributed by atoms with Crippen molar-refractivity contribution in [2.24, 2.45) is 35.5 Å². The summed E-state index contributed by atoms with van der Waals surface area (Å²) in [5.74, 6) is 1.00. The monoisotopic (exact) mass is 413 g/mol. The molecule has 0 spiro atoms. The average molecular weight is 413 g/mol. The number of hydrogen-bond acceptors (Lipinski definition) is 4. The van der Waals surface area contributed by atoms with Gasteiger partial charge in [-0.3, -0.25) is 14.5 Å². The smallest absolute Gasteiger partial charge is 0.343 e. The average Bonchev–Trinajstić information content (AvgIpc) is 3.55. The van der Waals surface area contributed by atoms with Crippen LogP contribution in [0, 0.1) is 49.4 Å². The van der Waals surface area contributed by atoms with E-state index in [0.717, 1.165) is 17.5 Å². The summed E-state index contributed by atoms with van der Waals surface area (Å²) in [5, 5.41) is 0. The number of carbonyl (C=O) groups excluding carboxylic acids is 3. The molecule has 5 heteroatoms. The van der Waals surface area contributed by atoms with Gasteiger partial charge in [-0.05, 0) is 85.4 Å². The minimum Gasteiger partial charge on any atom is -0.423 e. The molecule has 0 aromatic heterocycles. The Morgan fingerprint density at radius 2 is 1.52 bits per heavy atom. The summed E-state index contributed by atoms with van der Waals surface area (Å²) in [6.07, 6.45) is 5.48. The Bertz CT molecular complexity index is 1130. The van der Waals surface area contributed by atoms with Gasteiger partial charge < -0.3 is 4.74 Å². The normalized spacial score (nSPS) is 32.1. The highest BCUT2D eigenvalue weighted by Crippen LogP contribution is 2.65. The van der Waals surface area contributed by atoms with Gasteiger partial charge in [0.1, 0.15) is 5.75 Å². The number of ether oxygens (including phenoxy) is 1. The number of nitrogens with zero attached hydrogens (tertiary/aromatic N) is 1. The highest BCUT2D eigenvalue weighted by Gasteiger charge is 2.67. The fraction of sp³-hybridized carbons (Fsp3) is 0.346. The van der Waals surface area contributed by atoms with Gasteiger partial charge in [-0.1, -0.05) is 24.3 Å². The summed E-state index contributed by atoms with van der Waals surface area (Å²) in [4.78, 5) is 40.4. The molecule has 31 heavy (non-hydrogen) atoms. The van der Waals surface area contributed by atoms with E-state index in [9.17, 15) is 14.4 Å². The Hall–Kier alpha value is -3.21. The Labute approximate surface area is 180 Å². The minimum absolute atomic E-state index is 0.0922. The lowest BCUT2D eigenvalue weighted by Crippen LogP contribution is -2.40. The minimum atomic E-state index is -0.463. The molecule has 6 atom stereocenters. The standard InChI is InChI=1S/C26H23NO4/c1-13-4-3-5-21(14(13)2)31-26(30)15-6-8-16(9-7-15)27-24(28)22-17-10-11-18(20-12-19(17)20)23(22)25(27)29/h3-11,17-20,22-23H,12H2,1-2H3/t17-,18-,19-,20-,22-,23+/m0/s1. The number of esters is 1. The molecule has 2 bridgehead atoms. The molecule has 4 aliphatic carbocycles. The van der Waals surface area contributed by atoms with E-state index in [4.69, 9.17) is 4.74 Å². The molecule has 1 saturated heterocycles. The number of allylic oxidation sites excluding steroid dienone is 2. The molecule has 7 rings (SSSR count). The Balaban J connectivity index is 1.24. The van der Waals surface area contributed by atoms with Crippen LogP contribution in [0.15, 0.2) is 54.6 Å². The van der Waals surface area contributed by atoms with Crippen molar-refractivity contribution >= 4 is 23.5 Å². The van der Waals surface area contributed by atoms with Gasteiger partial charge in [-0.2, -0.15) is 0 Å². The maximum atomic E-state index is 13.2. The van der Waals surface area contributed by atoms with Gasteiger partial charge in [0.15, 0.2) is 0 Å². The van der Waals surface area contributed by atoms with Crippen molar-refractivity contribution in [2.45, 2.75) is 20.3 Å². The molecule has 1 aliphatic heterocycles. The van der Waals surface area contributed by atoms with Crippen LogP contribution in [0.3, 0.4) is 0 Å².